The Kier molecular flexibility index (Phi) is 5.92. The fourth-order valence-electron chi connectivity index (χ4n) is 4.82. The maximum atomic E-state index is 15.0. The van der Waals surface area contributed by atoms with Gasteiger partial charge in [0.2, 0.25) is 5.91 Å². The van der Waals surface area contributed by atoms with Crippen molar-refractivity contribution in [2.45, 2.75) is 24.5 Å². The quantitative estimate of drug-likeness (QED) is 0.642. The Morgan fingerprint density at radius 3 is 2.58 bits per heavy atom. The second kappa shape index (κ2) is 8.86. The first-order valence-corrected chi connectivity index (χ1v) is 11.1. The Hall–Kier alpha value is -2.79. The third kappa shape index (κ3) is 4.04. The number of para-hydroxylation sites is 1. The Labute approximate surface area is 191 Å². The van der Waals surface area contributed by atoms with Crippen LogP contribution in [0.3, 0.4) is 0 Å². The molecule has 3 N–H and O–H groups in total. The van der Waals surface area contributed by atoms with Gasteiger partial charge in [-0.15, -0.1) is 0 Å². The summed E-state index contributed by atoms with van der Waals surface area (Å²) in [5.41, 5.74) is 10.9. The van der Waals surface area contributed by atoms with Crippen LogP contribution in [-0.4, -0.2) is 63.2 Å². The van der Waals surface area contributed by atoms with E-state index in [1.165, 1.54) is 30.3 Å². The first kappa shape index (κ1) is 22.0. The smallest absolute Gasteiger partial charge is 0.243 e. The number of anilines is 2. The summed E-state index contributed by atoms with van der Waals surface area (Å²) >= 11 is 0. The molecule has 0 aliphatic carbocycles. The number of rotatable bonds is 4. The van der Waals surface area contributed by atoms with Crippen molar-refractivity contribution in [3.63, 3.8) is 0 Å². The summed E-state index contributed by atoms with van der Waals surface area (Å²) < 4.78 is 35.0. The molecule has 3 heterocycles. The van der Waals surface area contributed by atoms with Gasteiger partial charge in [-0.05, 0) is 37.4 Å². The molecule has 8 nitrogen and oxygen atoms in total. The van der Waals surface area contributed by atoms with Gasteiger partial charge in [0.1, 0.15) is 17.3 Å². The summed E-state index contributed by atoms with van der Waals surface area (Å²) in [6.07, 6.45) is 0.123. The number of benzene rings is 2. The number of piperazine rings is 1. The zero-order valence-electron chi connectivity index (χ0n) is 18.6. The summed E-state index contributed by atoms with van der Waals surface area (Å²) in [5.74, 6) is -0.969. The third-order valence-corrected chi connectivity index (χ3v) is 6.72. The number of hydrogen-bond acceptors (Lipinski definition) is 7. The van der Waals surface area contributed by atoms with Crippen LogP contribution in [0.2, 0.25) is 0 Å². The highest BCUT2D eigenvalue weighted by molar-refractivity contribution is 5.95. The number of nitrogens with zero attached hydrogens (tertiary/aromatic N) is 3. The van der Waals surface area contributed by atoms with Gasteiger partial charge in [-0.1, -0.05) is 6.07 Å². The molecule has 3 fully saturated rings. The molecule has 3 atom stereocenters. The third-order valence-electron chi connectivity index (χ3n) is 6.72. The Bertz CT molecular complexity index is 1050. The summed E-state index contributed by atoms with van der Waals surface area (Å²) in [4.78, 5) is 17.4. The van der Waals surface area contributed by atoms with E-state index in [1.54, 1.807) is 12.1 Å². The first-order chi connectivity index (χ1) is 16.0. The zero-order valence-corrected chi connectivity index (χ0v) is 18.6. The fourth-order valence-corrected chi connectivity index (χ4v) is 4.82. The number of methoxy groups -OCH3 is 1. The summed E-state index contributed by atoms with van der Waals surface area (Å²) in [5, 5.41) is 1.19. The first-order valence-electron chi connectivity index (χ1n) is 11.1. The van der Waals surface area contributed by atoms with Gasteiger partial charge in [-0.3, -0.25) is 10.2 Å². The van der Waals surface area contributed by atoms with Crippen molar-refractivity contribution in [3.8, 4) is 5.75 Å². The van der Waals surface area contributed by atoms with Crippen molar-refractivity contribution in [2.24, 2.45) is 0 Å². The van der Waals surface area contributed by atoms with Crippen molar-refractivity contribution in [2.75, 3.05) is 50.2 Å². The van der Waals surface area contributed by atoms with Crippen LogP contribution in [0.4, 0.5) is 20.2 Å². The fraction of sp³-hybridized carbons (Fsp3) is 0.435. The van der Waals surface area contributed by atoms with Crippen molar-refractivity contribution >= 4 is 17.3 Å². The lowest BCUT2D eigenvalue weighted by molar-refractivity contribution is -0.121. The van der Waals surface area contributed by atoms with Crippen LogP contribution < -0.4 is 30.9 Å². The van der Waals surface area contributed by atoms with Gasteiger partial charge in [0.15, 0.2) is 5.82 Å². The lowest BCUT2D eigenvalue weighted by atomic mass is 9.92. The van der Waals surface area contributed by atoms with E-state index in [0.717, 1.165) is 31.9 Å². The van der Waals surface area contributed by atoms with Crippen molar-refractivity contribution in [3.05, 3.63) is 53.6 Å². The number of hydrogen-bond donors (Lipinski definition) is 3. The number of nitrogens with one attached hydrogen (secondary N) is 3. The lowest BCUT2D eigenvalue weighted by Gasteiger charge is -2.38. The molecular weight excluding hydrogens is 430 g/mol. The molecule has 176 valence electrons. The molecular formula is C23H28F2N6O2. The molecule has 10 heteroatoms. The molecule has 2 aromatic rings. The van der Waals surface area contributed by atoms with E-state index in [0.29, 0.717) is 5.56 Å². The van der Waals surface area contributed by atoms with Crippen LogP contribution in [0.1, 0.15) is 18.0 Å². The highest BCUT2D eigenvalue weighted by Gasteiger charge is 2.45. The van der Waals surface area contributed by atoms with E-state index in [4.69, 9.17) is 4.74 Å². The van der Waals surface area contributed by atoms with Crippen LogP contribution in [0.5, 0.6) is 5.75 Å². The number of fused-ring (bicyclic) bond motifs is 1. The number of halogens is 2. The van der Waals surface area contributed by atoms with Gasteiger partial charge in [-0.2, -0.15) is 0 Å². The molecule has 3 aliphatic heterocycles. The largest absolute Gasteiger partial charge is 0.494 e. The average Bonchev–Trinajstić information content (AvgIpc) is 3.21. The Morgan fingerprint density at radius 1 is 1.03 bits per heavy atom. The molecule has 3 unspecified atom stereocenters. The lowest BCUT2D eigenvalue weighted by Crippen LogP contribution is -2.60. The normalized spacial score (nSPS) is 25.9. The Morgan fingerprint density at radius 2 is 1.82 bits per heavy atom. The van der Waals surface area contributed by atoms with Gasteiger partial charge in [0.25, 0.3) is 0 Å². The van der Waals surface area contributed by atoms with Crippen LogP contribution in [0.15, 0.2) is 36.4 Å². The number of carbonyl (C=O) groups excluding carboxylic acids is 1. The van der Waals surface area contributed by atoms with Crippen LogP contribution in [0, 0.1) is 11.6 Å². The number of likely N-dealkylation sites (N-methyl/N-ethyl adjacent to an activating group) is 1. The molecule has 3 aliphatic rings. The second-order valence-electron chi connectivity index (χ2n) is 8.75. The number of ether oxygens (including phenoxy) is 1. The van der Waals surface area contributed by atoms with Crippen LogP contribution >= 0.6 is 0 Å². The summed E-state index contributed by atoms with van der Waals surface area (Å²) in [6.45, 7) is 3.64. The van der Waals surface area contributed by atoms with E-state index < -0.39 is 11.9 Å². The summed E-state index contributed by atoms with van der Waals surface area (Å²) in [7, 11) is 3.52. The standard InChI is InChI=1S/C23H28F2N6O2/c1-29-8-10-30(11-9-29)14-6-7-16(24)15(12-14)21-22-18(26-27-21)13-20(32)31(28-22)23-17(25)4-3-5-19(23)33-2/h3-7,12,18,21-22,26-28H,8-11,13H2,1-2H3. The zero-order chi connectivity index (χ0) is 23.1. The van der Waals surface area contributed by atoms with Crippen LogP contribution in [0.25, 0.3) is 0 Å². The maximum absolute atomic E-state index is 15.0. The van der Waals surface area contributed by atoms with Crippen molar-refractivity contribution in [1.82, 2.24) is 21.2 Å². The molecule has 0 spiro atoms. The Balaban J connectivity index is 1.44. The van der Waals surface area contributed by atoms with Gasteiger partial charge in [-0.25, -0.2) is 24.6 Å². The van der Waals surface area contributed by atoms with E-state index in [-0.39, 0.29) is 41.7 Å². The SMILES string of the molecule is COc1cccc(F)c1N1NC2C(CC1=O)NNC2c1cc(N2CCN(C)CC2)ccc1F. The molecule has 5 rings (SSSR count). The minimum atomic E-state index is -0.577. The predicted molar refractivity (Wildman–Crippen MR) is 121 cm³/mol. The predicted octanol–water partition coefficient (Wildman–Crippen LogP) is 1.55. The van der Waals surface area contributed by atoms with Gasteiger partial charge < -0.3 is 14.5 Å². The molecule has 1 amide bonds. The van der Waals surface area contributed by atoms with Crippen molar-refractivity contribution in [1.29, 1.82) is 0 Å². The van der Waals surface area contributed by atoms with E-state index >= 15 is 4.39 Å². The minimum Gasteiger partial charge on any atom is -0.494 e. The number of hydrazine groups is 2. The molecule has 0 saturated carbocycles. The minimum absolute atomic E-state index is 0.0285. The van der Waals surface area contributed by atoms with Gasteiger partial charge in [0, 0.05) is 49.9 Å². The number of amides is 1. The molecule has 3 saturated heterocycles. The molecule has 0 aromatic heterocycles. The molecule has 33 heavy (non-hydrogen) atoms. The van der Waals surface area contributed by atoms with Gasteiger partial charge in [0.05, 0.1) is 19.2 Å². The molecule has 2 aromatic carbocycles. The highest BCUT2D eigenvalue weighted by Crippen LogP contribution is 2.36. The maximum Gasteiger partial charge on any atom is 0.243 e. The second-order valence-corrected chi connectivity index (χ2v) is 8.75. The van der Waals surface area contributed by atoms with Gasteiger partial charge >= 0.3 is 0 Å². The number of carbonyl (C=O) groups is 1. The topological polar surface area (TPSA) is 72.1 Å². The highest BCUT2D eigenvalue weighted by atomic mass is 19.1. The molecule has 0 bridgehead atoms. The monoisotopic (exact) mass is 458 g/mol. The van der Waals surface area contributed by atoms with Crippen molar-refractivity contribution < 1.29 is 18.3 Å². The molecule has 0 radical (unpaired) electrons. The van der Waals surface area contributed by atoms with E-state index in [2.05, 4.69) is 33.1 Å². The average molecular weight is 459 g/mol. The van der Waals surface area contributed by atoms with Crippen LogP contribution in [-0.2, 0) is 4.79 Å². The van der Waals surface area contributed by atoms with E-state index in [9.17, 15) is 9.18 Å². The van der Waals surface area contributed by atoms with E-state index in [1.807, 2.05) is 6.07 Å². The summed E-state index contributed by atoms with van der Waals surface area (Å²) in [6, 6.07) is 8.44.